The molecule has 7 aliphatic heterocycles. The third kappa shape index (κ3) is 5.16. The van der Waals surface area contributed by atoms with Gasteiger partial charge in [0.25, 0.3) is 0 Å². The molecular formula is C68H87N3O5. The molecule has 10 fully saturated rings. The van der Waals surface area contributed by atoms with Gasteiger partial charge < -0.3 is 25.2 Å². The Kier molecular flexibility index (Phi) is 9.49. The number of esters is 2. The van der Waals surface area contributed by atoms with E-state index in [0.29, 0.717) is 88.8 Å². The highest BCUT2D eigenvalue weighted by molar-refractivity contribution is 6.00. The molecule has 0 aromatic heterocycles. The average molecular weight is 1030 g/mol. The zero-order valence-corrected chi connectivity index (χ0v) is 46.0. The maximum Gasteiger partial charge on any atom is 0.339 e. The number of aryl methyl sites for hydroxylation is 1. The van der Waals surface area contributed by atoms with Crippen LogP contribution in [0.3, 0.4) is 0 Å². The summed E-state index contributed by atoms with van der Waals surface area (Å²) >= 11 is 0. The number of fused-ring (bicyclic) bond motifs is 9. The number of allylic oxidation sites excluding steroid dienone is 4. The molecule has 10 aliphatic carbocycles. The van der Waals surface area contributed by atoms with Gasteiger partial charge in [-0.25, -0.2) is 4.79 Å². The average Bonchev–Trinajstić information content (AvgIpc) is 3.73. The zero-order valence-electron chi connectivity index (χ0n) is 46.0. The standard InChI is InChI=1S/C68H87N3O5/c1-38-29-42-16-18-51-44-31-45-37-71(51)58(42)56-47-21-27-66-60(59(72)48-17-19-52(45)70(36-44)57(48)46-33-63(22-5-6-23-63)64(34-46)24-7-8-25-64)75-62(74)67(66)53(68(66)50-15-9-13-40(14-10-28-69)54(50)61(73)76-68)32-43(39-11-3-2-4-12-39)30-41-20-26-65(38,56)35-49(41)55(47)67/h9,13,15,30,38-39,43-46,48-49,51-53,56-57,72H,2-8,10-12,14,16-29,31-37,69H2,1H3. The molecule has 6 saturated carbocycles. The minimum Gasteiger partial charge on any atom is -0.508 e. The van der Waals surface area contributed by atoms with Crippen molar-refractivity contribution < 1.29 is 24.2 Å². The minimum absolute atomic E-state index is 0.1000. The van der Waals surface area contributed by atoms with Crippen LogP contribution in [-0.2, 0) is 26.3 Å². The van der Waals surface area contributed by atoms with Gasteiger partial charge >= 0.3 is 11.9 Å². The quantitative estimate of drug-likeness (QED) is 0.222. The lowest BCUT2D eigenvalue weighted by Gasteiger charge is -2.74. The summed E-state index contributed by atoms with van der Waals surface area (Å²) in [6.45, 7) is 5.54. The summed E-state index contributed by atoms with van der Waals surface area (Å²) < 4.78 is 15.1. The Morgan fingerprint density at radius 2 is 1.58 bits per heavy atom. The first-order chi connectivity index (χ1) is 37.1. The number of nitrogens with two attached hydrogens (primary N) is 1. The summed E-state index contributed by atoms with van der Waals surface area (Å²) in [5, 5.41) is 14.5. The van der Waals surface area contributed by atoms with E-state index in [9.17, 15) is 5.11 Å². The Morgan fingerprint density at radius 1 is 0.789 bits per heavy atom. The van der Waals surface area contributed by atoms with E-state index in [2.05, 4.69) is 41.0 Å². The van der Waals surface area contributed by atoms with Crippen molar-refractivity contribution in [2.45, 2.75) is 217 Å². The van der Waals surface area contributed by atoms with Crippen molar-refractivity contribution >= 4 is 11.9 Å². The van der Waals surface area contributed by atoms with E-state index in [1.807, 2.05) is 0 Å². The van der Waals surface area contributed by atoms with Gasteiger partial charge in [0.1, 0.15) is 11.2 Å². The molecular weight excluding hydrogens is 939 g/mol. The summed E-state index contributed by atoms with van der Waals surface area (Å²) in [5.41, 5.74) is 14.9. The molecule has 1 aromatic carbocycles. The zero-order chi connectivity index (χ0) is 50.5. The van der Waals surface area contributed by atoms with E-state index in [4.69, 9.17) is 15.2 Å². The van der Waals surface area contributed by atoms with Crippen LogP contribution in [0.5, 0.6) is 0 Å². The first-order valence-electron chi connectivity index (χ1n) is 32.5. The third-order valence-electron chi connectivity index (χ3n) is 28.6. The van der Waals surface area contributed by atoms with E-state index < -0.39 is 16.4 Å². The minimum atomic E-state index is -1.13. The molecule has 15 atom stereocenters. The van der Waals surface area contributed by atoms with Crippen LogP contribution in [0.25, 0.3) is 0 Å². The maximum atomic E-state index is 17.0. The van der Waals surface area contributed by atoms with E-state index in [-0.39, 0.29) is 41.1 Å². The van der Waals surface area contributed by atoms with Crippen molar-refractivity contribution in [2.24, 2.45) is 92.0 Å². The monoisotopic (exact) mass is 1030 g/mol. The Labute approximate surface area is 452 Å². The predicted molar refractivity (Wildman–Crippen MR) is 291 cm³/mol. The molecule has 8 nitrogen and oxygen atoms in total. The van der Waals surface area contributed by atoms with Crippen LogP contribution in [0.15, 0.2) is 63.8 Å². The fourth-order valence-corrected chi connectivity index (χ4v) is 26.4. The normalized spacial score (nSPS) is 46.6. The first kappa shape index (κ1) is 46.4. The molecule has 404 valence electrons. The highest BCUT2D eigenvalue weighted by Crippen LogP contribution is 2.90. The number of aliphatic hydroxyl groups is 1. The molecule has 0 radical (unpaired) electrons. The summed E-state index contributed by atoms with van der Waals surface area (Å²) in [5.74, 6) is 3.88. The molecule has 9 bridgehead atoms. The lowest BCUT2D eigenvalue weighted by Crippen LogP contribution is -2.78. The summed E-state index contributed by atoms with van der Waals surface area (Å²) in [7, 11) is 0. The van der Waals surface area contributed by atoms with Gasteiger partial charge in [-0.05, 0) is 211 Å². The number of ether oxygens (including phenoxy) is 2. The maximum absolute atomic E-state index is 17.0. The van der Waals surface area contributed by atoms with Crippen molar-refractivity contribution in [3.8, 4) is 0 Å². The fraction of sp³-hybridized carbons (Fsp3) is 0.765. The van der Waals surface area contributed by atoms with Crippen molar-refractivity contribution in [3.63, 3.8) is 0 Å². The lowest BCUT2D eigenvalue weighted by molar-refractivity contribution is -0.284. The fourth-order valence-electron chi connectivity index (χ4n) is 26.4. The van der Waals surface area contributed by atoms with Gasteiger partial charge in [-0.1, -0.05) is 92.9 Å². The number of hydrogen-bond donors (Lipinski definition) is 2. The second-order valence-electron chi connectivity index (χ2n) is 30.3. The third-order valence-corrected chi connectivity index (χ3v) is 28.6. The number of piperidine rings is 3. The number of rotatable bonds is 5. The van der Waals surface area contributed by atoms with Gasteiger partial charge in [0, 0.05) is 66.1 Å². The van der Waals surface area contributed by atoms with Gasteiger partial charge in [-0.2, -0.15) is 0 Å². The Morgan fingerprint density at radius 3 is 2.37 bits per heavy atom. The highest BCUT2D eigenvalue weighted by Gasteiger charge is 2.94. The first-order valence-corrected chi connectivity index (χ1v) is 32.5. The van der Waals surface area contributed by atoms with Gasteiger partial charge in [-0.3, -0.25) is 9.69 Å². The van der Waals surface area contributed by atoms with Crippen LogP contribution in [0.2, 0.25) is 0 Å². The van der Waals surface area contributed by atoms with Crippen molar-refractivity contribution in [1.82, 2.24) is 9.80 Å². The van der Waals surface area contributed by atoms with Crippen LogP contribution >= 0.6 is 0 Å². The predicted octanol–water partition coefficient (Wildman–Crippen LogP) is 13.3. The lowest BCUT2D eigenvalue weighted by atomic mass is 9.26. The summed E-state index contributed by atoms with van der Waals surface area (Å²) in [4.78, 5) is 38.8. The van der Waals surface area contributed by atoms with E-state index >= 15 is 9.59 Å². The smallest absolute Gasteiger partial charge is 0.339 e. The topological polar surface area (TPSA) is 105 Å². The largest absolute Gasteiger partial charge is 0.508 e. The van der Waals surface area contributed by atoms with Gasteiger partial charge in [-0.15, -0.1) is 0 Å². The number of benzene rings is 1. The molecule has 15 unspecified atom stereocenters. The number of nitrogens with zero attached hydrogens (tertiary/aromatic N) is 2. The molecule has 1 aromatic rings. The Balaban J connectivity index is 0.932. The molecule has 0 amide bonds. The molecule has 6 spiro atoms. The van der Waals surface area contributed by atoms with E-state index in [1.54, 1.807) is 22.4 Å². The summed E-state index contributed by atoms with van der Waals surface area (Å²) in [6, 6.07) is 7.85. The SMILES string of the molecule is CC1CC2=C3C4C5=C6C7CC14CCC7=CC(C1CCCCC1)CC1C64C(=O)OC(=C(O)C6CCC7C8CC(CN7C6C6CC7(CCCC7)C7(CCCC7)C6)C(CC2)N3C8)C4(CC5)C12OC(=O)c1c(CCCN)cccc12. The second-order valence-corrected chi connectivity index (χ2v) is 30.3. The van der Waals surface area contributed by atoms with Crippen molar-refractivity contribution in [2.75, 3.05) is 19.6 Å². The Hall–Kier alpha value is -3.36. The van der Waals surface area contributed by atoms with Crippen LogP contribution < -0.4 is 5.73 Å². The van der Waals surface area contributed by atoms with Gasteiger partial charge in [0.05, 0.1) is 11.0 Å². The molecule has 76 heavy (non-hydrogen) atoms. The van der Waals surface area contributed by atoms with Crippen LogP contribution in [0.1, 0.15) is 208 Å². The van der Waals surface area contributed by atoms with E-state index in [0.717, 1.165) is 74.6 Å². The second kappa shape index (κ2) is 15.5. The van der Waals surface area contributed by atoms with Gasteiger partial charge in [0.15, 0.2) is 11.4 Å². The molecule has 7 heterocycles. The molecule has 8 heteroatoms. The summed E-state index contributed by atoms with van der Waals surface area (Å²) in [6.07, 6.45) is 37.3. The van der Waals surface area contributed by atoms with E-state index in [1.165, 1.54) is 141 Å². The molecule has 3 N–H and O–H groups in total. The highest BCUT2D eigenvalue weighted by atomic mass is 16.6. The number of aliphatic hydroxyl groups excluding tert-OH is 1. The Bertz CT molecular complexity index is 2870. The van der Waals surface area contributed by atoms with Crippen molar-refractivity contribution in [1.29, 1.82) is 0 Å². The number of carbonyl (C=O) groups is 2. The van der Waals surface area contributed by atoms with Crippen LogP contribution in [0.4, 0.5) is 0 Å². The van der Waals surface area contributed by atoms with Crippen molar-refractivity contribution in [3.05, 3.63) is 80.5 Å². The van der Waals surface area contributed by atoms with Crippen LogP contribution in [-0.4, -0.2) is 64.6 Å². The van der Waals surface area contributed by atoms with Crippen LogP contribution in [0, 0.1) is 86.3 Å². The molecule has 4 saturated heterocycles. The number of carbonyl (C=O) groups excluding carboxylic acids is 2. The van der Waals surface area contributed by atoms with Gasteiger partial charge in [0.2, 0.25) is 0 Å². The number of hydrogen-bond acceptors (Lipinski definition) is 8. The molecule has 17 aliphatic rings. The molecule has 18 rings (SSSR count).